The summed E-state index contributed by atoms with van der Waals surface area (Å²) >= 11 is 0. The van der Waals surface area contributed by atoms with Gasteiger partial charge < -0.3 is 10.4 Å². The molecule has 0 aromatic carbocycles. The van der Waals surface area contributed by atoms with Crippen molar-refractivity contribution in [1.82, 2.24) is 5.32 Å². The standard InChI is InChI=1S/C8H19NO2S/c1-7(8(2,3)10)9-5-6-12(4)11/h7,9-10H,5-6H2,1-4H3. The van der Waals surface area contributed by atoms with Gasteiger partial charge >= 0.3 is 0 Å². The van der Waals surface area contributed by atoms with Crippen LogP contribution in [0.5, 0.6) is 0 Å². The van der Waals surface area contributed by atoms with Crippen LogP contribution in [-0.2, 0) is 10.8 Å². The minimum absolute atomic E-state index is 0.0287. The van der Waals surface area contributed by atoms with Crippen molar-refractivity contribution < 1.29 is 9.32 Å². The molecule has 2 N–H and O–H groups in total. The molecule has 0 saturated carbocycles. The molecule has 74 valence electrons. The predicted octanol–water partition coefficient (Wildman–Crippen LogP) is 0.114. The van der Waals surface area contributed by atoms with Crippen LogP contribution in [0.3, 0.4) is 0 Å². The Morgan fingerprint density at radius 2 is 2.08 bits per heavy atom. The Balaban J connectivity index is 3.58. The summed E-state index contributed by atoms with van der Waals surface area (Å²) in [6.07, 6.45) is 1.68. The minimum atomic E-state index is -0.753. The Labute approximate surface area is 77.0 Å². The van der Waals surface area contributed by atoms with Gasteiger partial charge in [0.15, 0.2) is 0 Å². The first-order chi connectivity index (χ1) is 5.34. The summed E-state index contributed by atoms with van der Waals surface area (Å²) in [6.45, 7) is 6.12. The van der Waals surface area contributed by atoms with E-state index in [-0.39, 0.29) is 6.04 Å². The zero-order valence-corrected chi connectivity index (χ0v) is 9.07. The average Bonchev–Trinajstić information content (AvgIpc) is 1.84. The van der Waals surface area contributed by atoms with E-state index in [4.69, 9.17) is 0 Å². The summed E-state index contributed by atoms with van der Waals surface area (Å²) < 4.78 is 10.7. The second-order valence-electron chi connectivity index (χ2n) is 3.61. The molecule has 0 spiro atoms. The highest BCUT2D eigenvalue weighted by Gasteiger charge is 2.20. The molecule has 4 heteroatoms. The maximum absolute atomic E-state index is 10.7. The summed E-state index contributed by atoms with van der Waals surface area (Å²) in [5.41, 5.74) is -0.713. The first-order valence-corrected chi connectivity index (χ1v) is 5.82. The lowest BCUT2D eigenvalue weighted by atomic mass is 10.0. The highest BCUT2D eigenvalue weighted by molar-refractivity contribution is 7.84. The van der Waals surface area contributed by atoms with Crippen LogP contribution in [-0.4, -0.2) is 39.5 Å². The Hall–Kier alpha value is 0.0700. The second kappa shape index (κ2) is 4.94. The molecule has 0 aliphatic heterocycles. The molecule has 12 heavy (non-hydrogen) atoms. The number of aliphatic hydroxyl groups is 1. The van der Waals surface area contributed by atoms with Crippen LogP contribution in [0.1, 0.15) is 20.8 Å². The van der Waals surface area contributed by atoms with E-state index in [1.165, 1.54) is 0 Å². The Bertz CT molecular complexity index is 154. The molecule has 0 aliphatic rings. The van der Waals surface area contributed by atoms with Crippen LogP contribution in [0, 0.1) is 0 Å². The molecule has 2 unspecified atom stereocenters. The van der Waals surface area contributed by atoms with Crippen LogP contribution in [0.15, 0.2) is 0 Å². The van der Waals surface area contributed by atoms with Crippen molar-refractivity contribution in [3.05, 3.63) is 0 Å². The molecule has 0 fully saturated rings. The highest BCUT2D eigenvalue weighted by Crippen LogP contribution is 2.06. The van der Waals surface area contributed by atoms with E-state index in [2.05, 4.69) is 5.32 Å². The fourth-order valence-electron chi connectivity index (χ4n) is 0.669. The molecule has 0 bridgehead atoms. The quantitative estimate of drug-likeness (QED) is 0.652. The normalized spacial score (nSPS) is 17.4. The van der Waals surface area contributed by atoms with E-state index >= 15 is 0 Å². The topological polar surface area (TPSA) is 49.3 Å². The molecule has 0 aliphatic carbocycles. The fraction of sp³-hybridized carbons (Fsp3) is 1.00. The molecule has 0 amide bonds. The number of rotatable bonds is 5. The Kier molecular flexibility index (Phi) is 4.97. The predicted molar refractivity (Wildman–Crippen MR) is 52.7 cm³/mol. The zero-order chi connectivity index (χ0) is 9.78. The van der Waals surface area contributed by atoms with Crippen molar-refractivity contribution in [3.8, 4) is 0 Å². The first kappa shape index (κ1) is 12.1. The molecule has 0 aromatic rings. The largest absolute Gasteiger partial charge is 0.389 e. The summed E-state index contributed by atoms with van der Waals surface area (Å²) in [5, 5.41) is 12.6. The van der Waals surface area contributed by atoms with Gasteiger partial charge in [-0.15, -0.1) is 0 Å². The number of hydrogen-bond donors (Lipinski definition) is 2. The first-order valence-electron chi connectivity index (χ1n) is 4.10. The van der Waals surface area contributed by atoms with Crippen molar-refractivity contribution in [1.29, 1.82) is 0 Å². The van der Waals surface area contributed by atoms with Crippen molar-refractivity contribution in [3.63, 3.8) is 0 Å². The van der Waals surface area contributed by atoms with Gasteiger partial charge in [-0.2, -0.15) is 0 Å². The van der Waals surface area contributed by atoms with Gasteiger partial charge in [-0.3, -0.25) is 4.21 Å². The molecule has 0 radical (unpaired) electrons. The van der Waals surface area contributed by atoms with Crippen LogP contribution < -0.4 is 5.32 Å². The van der Waals surface area contributed by atoms with E-state index in [1.807, 2.05) is 6.92 Å². The average molecular weight is 193 g/mol. The van der Waals surface area contributed by atoms with E-state index < -0.39 is 16.4 Å². The molecule has 2 atom stereocenters. The van der Waals surface area contributed by atoms with Crippen LogP contribution >= 0.6 is 0 Å². The van der Waals surface area contributed by atoms with Crippen molar-refractivity contribution in [2.24, 2.45) is 0 Å². The van der Waals surface area contributed by atoms with Crippen LogP contribution in [0.2, 0.25) is 0 Å². The van der Waals surface area contributed by atoms with Gasteiger partial charge in [0.2, 0.25) is 0 Å². The molecule has 0 aromatic heterocycles. The minimum Gasteiger partial charge on any atom is -0.389 e. The van der Waals surface area contributed by atoms with Crippen molar-refractivity contribution in [2.75, 3.05) is 18.6 Å². The third kappa shape index (κ3) is 5.69. The lowest BCUT2D eigenvalue weighted by Gasteiger charge is -2.26. The second-order valence-corrected chi connectivity index (χ2v) is 5.16. The lowest BCUT2D eigenvalue weighted by Crippen LogP contribution is -2.45. The fourth-order valence-corrected chi connectivity index (χ4v) is 1.07. The van der Waals surface area contributed by atoms with Gasteiger partial charge in [0.1, 0.15) is 0 Å². The van der Waals surface area contributed by atoms with Gasteiger partial charge in [0.05, 0.1) is 5.60 Å². The van der Waals surface area contributed by atoms with Gasteiger partial charge in [-0.25, -0.2) is 0 Å². The molecule has 0 heterocycles. The summed E-state index contributed by atoms with van der Waals surface area (Å²) in [6, 6.07) is 0.0287. The molecule has 3 nitrogen and oxygen atoms in total. The zero-order valence-electron chi connectivity index (χ0n) is 8.26. The Morgan fingerprint density at radius 3 is 2.42 bits per heavy atom. The van der Waals surface area contributed by atoms with E-state index in [0.29, 0.717) is 12.3 Å². The summed E-state index contributed by atoms with van der Waals surface area (Å²) in [7, 11) is -0.753. The molecular formula is C8H19NO2S. The molecule has 0 saturated heterocycles. The van der Waals surface area contributed by atoms with Crippen molar-refractivity contribution >= 4 is 10.8 Å². The van der Waals surface area contributed by atoms with E-state index in [1.54, 1.807) is 20.1 Å². The lowest BCUT2D eigenvalue weighted by molar-refractivity contribution is 0.0451. The van der Waals surface area contributed by atoms with Gasteiger partial charge in [-0.1, -0.05) is 0 Å². The van der Waals surface area contributed by atoms with Gasteiger partial charge in [0.25, 0.3) is 0 Å². The smallest absolute Gasteiger partial charge is 0.0741 e. The highest BCUT2D eigenvalue weighted by atomic mass is 32.2. The number of hydrogen-bond acceptors (Lipinski definition) is 3. The van der Waals surface area contributed by atoms with Crippen LogP contribution in [0.25, 0.3) is 0 Å². The molecular weight excluding hydrogens is 174 g/mol. The number of nitrogens with one attached hydrogen (secondary N) is 1. The van der Waals surface area contributed by atoms with Crippen LogP contribution in [0.4, 0.5) is 0 Å². The third-order valence-corrected chi connectivity index (χ3v) is 2.68. The Morgan fingerprint density at radius 1 is 1.58 bits per heavy atom. The van der Waals surface area contributed by atoms with E-state index in [9.17, 15) is 9.32 Å². The summed E-state index contributed by atoms with van der Waals surface area (Å²) in [4.78, 5) is 0. The SMILES string of the molecule is CC(NCCS(C)=O)C(C)(C)O. The third-order valence-electron chi connectivity index (χ3n) is 1.90. The monoisotopic (exact) mass is 193 g/mol. The maximum Gasteiger partial charge on any atom is 0.0741 e. The van der Waals surface area contributed by atoms with E-state index in [0.717, 1.165) is 0 Å². The van der Waals surface area contributed by atoms with Gasteiger partial charge in [0, 0.05) is 35.4 Å². The molecule has 0 rings (SSSR count). The summed E-state index contributed by atoms with van der Waals surface area (Å²) in [5.74, 6) is 0.639. The van der Waals surface area contributed by atoms with Gasteiger partial charge in [-0.05, 0) is 20.8 Å². The van der Waals surface area contributed by atoms with Crippen molar-refractivity contribution in [2.45, 2.75) is 32.4 Å². The maximum atomic E-state index is 10.7.